The minimum atomic E-state index is -0.685. The molecule has 2 atom stereocenters. The van der Waals surface area contributed by atoms with E-state index in [-0.39, 0.29) is 17.6 Å². The number of nitrogens with two attached hydrogens (primary N) is 1. The predicted molar refractivity (Wildman–Crippen MR) is 91.3 cm³/mol. The maximum Gasteiger partial charge on any atom is 0.287 e. The molecule has 0 aliphatic carbocycles. The fourth-order valence-corrected chi connectivity index (χ4v) is 2.18. The number of amides is 2. The Balaban J connectivity index is 2.05. The van der Waals surface area contributed by atoms with Gasteiger partial charge in [-0.1, -0.05) is 37.3 Å². The Morgan fingerprint density at radius 2 is 1.92 bits per heavy atom. The van der Waals surface area contributed by atoms with Crippen LogP contribution in [0.5, 0.6) is 0 Å². The van der Waals surface area contributed by atoms with Crippen molar-refractivity contribution >= 4 is 11.8 Å². The Morgan fingerprint density at radius 3 is 2.54 bits per heavy atom. The van der Waals surface area contributed by atoms with Gasteiger partial charge in [-0.2, -0.15) is 0 Å². The summed E-state index contributed by atoms with van der Waals surface area (Å²) >= 11 is 0. The third-order valence-corrected chi connectivity index (χ3v) is 3.68. The summed E-state index contributed by atoms with van der Waals surface area (Å²) in [5.74, 6) is -0.301. The molecule has 24 heavy (non-hydrogen) atoms. The lowest BCUT2D eigenvalue weighted by Gasteiger charge is -2.19. The van der Waals surface area contributed by atoms with Crippen molar-refractivity contribution in [3.8, 4) is 0 Å². The first-order valence-electron chi connectivity index (χ1n) is 7.96. The van der Waals surface area contributed by atoms with E-state index in [4.69, 9.17) is 10.2 Å². The summed E-state index contributed by atoms with van der Waals surface area (Å²) < 4.78 is 5.08. The molecule has 2 amide bonds. The monoisotopic (exact) mass is 329 g/mol. The highest BCUT2D eigenvalue weighted by Crippen LogP contribution is 2.06. The van der Waals surface area contributed by atoms with Crippen molar-refractivity contribution in [2.24, 2.45) is 11.7 Å². The van der Waals surface area contributed by atoms with E-state index in [2.05, 4.69) is 10.6 Å². The van der Waals surface area contributed by atoms with Crippen molar-refractivity contribution < 1.29 is 14.0 Å². The largest absolute Gasteiger partial charge is 0.459 e. The summed E-state index contributed by atoms with van der Waals surface area (Å²) in [6.45, 7) is 2.91. The first-order valence-corrected chi connectivity index (χ1v) is 7.96. The molecule has 0 radical (unpaired) electrons. The quantitative estimate of drug-likeness (QED) is 0.680. The second kappa shape index (κ2) is 8.88. The van der Waals surface area contributed by atoms with E-state index in [0.717, 1.165) is 5.56 Å². The number of benzene rings is 1. The van der Waals surface area contributed by atoms with Crippen molar-refractivity contribution in [3.05, 3.63) is 60.1 Å². The van der Waals surface area contributed by atoms with Gasteiger partial charge in [0.2, 0.25) is 5.91 Å². The highest BCUT2D eigenvalue weighted by Gasteiger charge is 2.23. The molecule has 4 N–H and O–H groups in total. The lowest BCUT2D eigenvalue weighted by molar-refractivity contribution is -0.123. The number of hydrogen-bond acceptors (Lipinski definition) is 4. The molecule has 0 bridgehead atoms. The molecule has 0 saturated heterocycles. The molecule has 0 saturated carbocycles. The Kier molecular flexibility index (Phi) is 6.57. The predicted octanol–water partition coefficient (Wildman–Crippen LogP) is 1.33. The molecule has 0 spiro atoms. The molecule has 0 fully saturated rings. The van der Waals surface area contributed by atoms with Crippen molar-refractivity contribution in [3.63, 3.8) is 0 Å². The van der Waals surface area contributed by atoms with Crippen LogP contribution in [0.3, 0.4) is 0 Å². The third-order valence-electron chi connectivity index (χ3n) is 3.68. The average Bonchev–Trinajstić information content (AvgIpc) is 3.14. The Morgan fingerprint density at radius 1 is 1.17 bits per heavy atom. The summed E-state index contributed by atoms with van der Waals surface area (Å²) in [5, 5.41) is 5.57. The second-order valence-electron chi connectivity index (χ2n) is 5.78. The minimum Gasteiger partial charge on any atom is -0.459 e. The van der Waals surface area contributed by atoms with Crippen LogP contribution in [0.25, 0.3) is 0 Å². The molecule has 2 aromatic rings. The molecular weight excluding hydrogens is 306 g/mol. The number of rotatable bonds is 8. The van der Waals surface area contributed by atoms with Gasteiger partial charge in [0.05, 0.1) is 6.26 Å². The van der Waals surface area contributed by atoms with Crippen LogP contribution < -0.4 is 16.4 Å². The standard InChI is InChI=1S/C18H23N3O3/c1-13(11-19)12-20-17(22)15(10-14-6-3-2-4-7-14)21-18(23)16-8-5-9-24-16/h2-9,13,15H,10-12,19H2,1H3,(H,20,22)(H,21,23). The van der Waals surface area contributed by atoms with Crippen LogP contribution in [0.15, 0.2) is 53.1 Å². The smallest absolute Gasteiger partial charge is 0.287 e. The maximum absolute atomic E-state index is 12.5. The maximum atomic E-state index is 12.5. The van der Waals surface area contributed by atoms with Crippen molar-refractivity contribution in [1.29, 1.82) is 0 Å². The topological polar surface area (TPSA) is 97.4 Å². The first-order chi connectivity index (χ1) is 11.6. The lowest BCUT2D eigenvalue weighted by Crippen LogP contribution is -2.49. The Bertz CT molecular complexity index is 641. The zero-order valence-corrected chi connectivity index (χ0v) is 13.7. The van der Waals surface area contributed by atoms with Crippen LogP contribution in [0.4, 0.5) is 0 Å². The first kappa shape index (κ1) is 17.7. The van der Waals surface area contributed by atoms with Crippen molar-refractivity contribution in [2.45, 2.75) is 19.4 Å². The van der Waals surface area contributed by atoms with Crippen LogP contribution in [0.2, 0.25) is 0 Å². The van der Waals surface area contributed by atoms with Crippen LogP contribution in [0, 0.1) is 5.92 Å². The number of carbonyl (C=O) groups excluding carboxylic acids is 2. The molecular formula is C18H23N3O3. The van der Waals surface area contributed by atoms with Gasteiger partial charge in [-0.05, 0) is 30.2 Å². The fraction of sp³-hybridized carbons (Fsp3) is 0.333. The van der Waals surface area contributed by atoms with Crippen LogP contribution >= 0.6 is 0 Å². The van der Waals surface area contributed by atoms with E-state index in [1.807, 2.05) is 37.3 Å². The van der Waals surface area contributed by atoms with Gasteiger partial charge < -0.3 is 20.8 Å². The van der Waals surface area contributed by atoms with Gasteiger partial charge in [0.15, 0.2) is 5.76 Å². The summed E-state index contributed by atoms with van der Waals surface area (Å²) in [7, 11) is 0. The molecule has 6 nitrogen and oxygen atoms in total. The van der Waals surface area contributed by atoms with Gasteiger partial charge in [0.1, 0.15) is 6.04 Å². The lowest BCUT2D eigenvalue weighted by atomic mass is 10.0. The van der Waals surface area contributed by atoms with E-state index >= 15 is 0 Å². The third kappa shape index (κ3) is 5.24. The second-order valence-corrected chi connectivity index (χ2v) is 5.78. The van der Waals surface area contributed by atoms with E-state index < -0.39 is 11.9 Å². The summed E-state index contributed by atoms with van der Waals surface area (Å²) in [6, 6.07) is 12.0. The number of nitrogens with one attached hydrogen (secondary N) is 2. The molecule has 0 aliphatic heterocycles. The number of furan rings is 1. The average molecular weight is 329 g/mol. The van der Waals surface area contributed by atoms with Gasteiger partial charge in [0, 0.05) is 13.0 Å². The van der Waals surface area contributed by atoms with E-state index in [1.165, 1.54) is 6.26 Å². The summed E-state index contributed by atoms with van der Waals surface area (Å²) in [6.07, 6.45) is 1.82. The van der Waals surface area contributed by atoms with Gasteiger partial charge >= 0.3 is 0 Å². The molecule has 0 aliphatic rings. The Hall–Kier alpha value is -2.60. The normalized spacial score (nSPS) is 13.1. The minimum absolute atomic E-state index is 0.173. The highest BCUT2D eigenvalue weighted by atomic mass is 16.3. The molecule has 6 heteroatoms. The number of hydrogen-bond donors (Lipinski definition) is 3. The van der Waals surface area contributed by atoms with E-state index in [0.29, 0.717) is 19.5 Å². The molecule has 1 aromatic heterocycles. The van der Waals surface area contributed by atoms with Gasteiger partial charge in [-0.3, -0.25) is 9.59 Å². The SMILES string of the molecule is CC(CN)CNC(=O)C(Cc1ccccc1)NC(=O)c1ccco1. The zero-order valence-electron chi connectivity index (χ0n) is 13.7. The zero-order chi connectivity index (χ0) is 17.4. The molecule has 1 heterocycles. The Labute approximate surface area is 141 Å². The molecule has 128 valence electrons. The summed E-state index contributed by atoms with van der Waals surface area (Å²) in [4.78, 5) is 24.7. The van der Waals surface area contributed by atoms with Gasteiger partial charge in [0.25, 0.3) is 5.91 Å². The van der Waals surface area contributed by atoms with Crippen molar-refractivity contribution in [2.75, 3.05) is 13.1 Å². The van der Waals surface area contributed by atoms with Gasteiger partial charge in [-0.15, -0.1) is 0 Å². The van der Waals surface area contributed by atoms with E-state index in [1.54, 1.807) is 12.1 Å². The van der Waals surface area contributed by atoms with Crippen LogP contribution in [0.1, 0.15) is 23.0 Å². The molecule has 1 aromatic carbocycles. The molecule has 2 rings (SSSR count). The summed E-state index contributed by atoms with van der Waals surface area (Å²) in [5.41, 5.74) is 6.53. The fourth-order valence-electron chi connectivity index (χ4n) is 2.18. The van der Waals surface area contributed by atoms with E-state index in [9.17, 15) is 9.59 Å². The van der Waals surface area contributed by atoms with Crippen molar-refractivity contribution in [1.82, 2.24) is 10.6 Å². The van der Waals surface area contributed by atoms with Crippen LogP contribution in [-0.2, 0) is 11.2 Å². The van der Waals surface area contributed by atoms with Crippen LogP contribution in [-0.4, -0.2) is 30.9 Å². The molecule has 2 unspecified atom stereocenters. The van der Waals surface area contributed by atoms with Gasteiger partial charge in [-0.25, -0.2) is 0 Å². The number of carbonyl (C=O) groups is 2. The highest BCUT2D eigenvalue weighted by molar-refractivity contribution is 5.95.